The molecular formula is C18H22N4O. The molecular weight excluding hydrogens is 288 g/mol. The molecule has 0 aliphatic rings. The van der Waals surface area contributed by atoms with Crippen molar-refractivity contribution < 1.29 is 4.79 Å². The third-order valence-corrected chi connectivity index (χ3v) is 3.60. The number of rotatable bonds is 5. The fourth-order valence-corrected chi connectivity index (χ4v) is 2.23. The van der Waals surface area contributed by atoms with Crippen LogP contribution in [0, 0.1) is 6.92 Å². The van der Waals surface area contributed by atoms with Crippen LogP contribution in [0.3, 0.4) is 0 Å². The van der Waals surface area contributed by atoms with Crippen molar-refractivity contribution in [3.63, 3.8) is 0 Å². The highest BCUT2D eigenvalue weighted by Crippen LogP contribution is 2.06. The number of benzene rings is 2. The normalized spacial score (nSPS) is 11.1. The first-order chi connectivity index (χ1) is 11.1. The molecule has 2 aromatic carbocycles. The molecule has 0 heterocycles. The number of aryl methyl sites for hydroxylation is 1. The van der Waals surface area contributed by atoms with E-state index in [-0.39, 0.29) is 0 Å². The van der Waals surface area contributed by atoms with E-state index in [1.807, 2.05) is 24.3 Å². The van der Waals surface area contributed by atoms with Gasteiger partial charge in [-0.05, 0) is 35.7 Å². The maximum Gasteiger partial charge on any atom is 0.248 e. The first-order valence-corrected chi connectivity index (χ1v) is 7.48. The Morgan fingerprint density at radius 2 is 1.83 bits per heavy atom. The fourth-order valence-electron chi connectivity index (χ4n) is 2.23. The molecule has 0 atom stereocenters. The molecule has 0 aromatic heterocycles. The third kappa shape index (κ3) is 4.85. The van der Waals surface area contributed by atoms with Crippen LogP contribution in [0.25, 0.3) is 0 Å². The summed E-state index contributed by atoms with van der Waals surface area (Å²) < 4.78 is 0. The van der Waals surface area contributed by atoms with Crippen molar-refractivity contribution in [2.24, 2.45) is 10.7 Å². The molecule has 1 amide bonds. The number of amides is 1. The first-order valence-electron chi connectivity index (χ1n) is 7.48. The van der Waals surface area contributed by atoms with Gasteiger partial charge in [0.05, 0.1) is 0 Å². The molecule has 5 nitrogen and oxygen atoms in total. The van der Waals surface area contributed by atoms with Gasteiger partial charge in [0.2, 0.25) is 5.91 Å². The van der Waals surface area contributed by atoms with Crippen LogP contribution in [0.1, 0.15) is 27.0 Å². The van der Waals surface area contributed by atoms with Crippen LogP contribution in [-0.2, 0) is 13.1 Å². The lowest BCUT2D eigenvalue weighted by Crippen LogP contribution is -2.36. The van der Waals surface area contributed by atoms with E-state index in [0.717, 1.165) is 5.56 Å². The van der Waals surface area contributed by atoms with Crippen molar-refractivity contribution in [2.45, 2.75) is 20.0 Å². The number of hydrogen-bond acceptors (Lipinski definition) is 2. The number of nitrogens with one attached hydrogen (secondary N) is 2. The van der Waals surface area contributed by atoms with Gasteiger partial charge in [-0.3, -0.25) is 9.79 Å². The largest absolute Gasteiger partial charge is 0.366 e. The number of nitrogens with two attached hydrogens (primary N) is 1. The number of carbonyl (C=O) groups excluding carboxylic acids is 1. The van der Waals surface area contributed by atoms with Crippen molar-refractivity contribution in [3.8, 4) is 0 Å². The number of primary amides is 1. The Morgan fingerprint density at radius 3 is 2.52 bits per heavy atom. The van der Waals surface area contributed by atoms with E-state index in [4.69, 9.17) is 5.73 Å². The second-order valence-corrected chi connectivity index (χ2v) is 5.27. The van der Waals surface area contributed by atoms with Crippen LogP contribution >= 0.6 is 0 Å². The van der Waals surface area contributed by atoms with Gasteiger partial charge in [-0.25, -0.2) is 0 Å². The second kappa shape index (κ2) is 7.98. The maximum atomic E-state index is 11.2. The number of nitrogens with zero attached hydrogens (tertiary/aromatic N) is 1. The maximum absolute atomic E-state index is 11.2. The van der Waals surface area contributed by atoms with E-state index >= 15 is 0 Å². The van der Waals surface area contributed by atoms with Crippen molar-refractivity contribution in [2.75, 3.05) is 7.05 Å². The van der Waals surface area contributed by atoms with Gasteiger partial charge in [0, 0.05) is 25.7 Å². The minimum atomic E-state index is -0.422. The van der Waals surface area contributed by atoms with Gasteiger partial charge >= 0.3 is 0 Å². The average Bonchev–Trinajstić information content (AvgIpc) is 2.56. The zero-order chi connectivity index (χ0) is 16.7. The molecule has 120 valence electrons. The van der Waals surface area contributed by atoms with Gasteiger partial charge in [-0.2, -0.15) is 0 Å². The zero-order valence-electron chi connectivity index (χ0n) is 13.5. The van der Waals surface area contributed by atoms with Crippen LogP contribution in [0.4, 0.5) is 0 Å². The minimum Gasteiger partial charge on any atom is -0.366 e. The van der Waals surface area contributed by atoms with Crippen LogP contribution in [-0.4, -0.2) is 18.9 Å². The van der Waals surface area contributed by atoms with E-state index in [9.17, 15) is 4.79 Å². The third-order valence-electron chi connectivity index (χ3n) is 3.60. The zero-order valence-corrected chi connectivity index (χ0v) is 13.5. The molecule has 0 saturated heterocycles. The molecule has 0 fully saturated rings. The monoisotopic (exact) mass is 310 g/mol. The molecule has 0 saturated carbocycles. The molecule has 0 spiro atoms. The molecule has 4 N–H and O–H groups in total. The summed E-state index contributed by atoms with van der Waals surface area (Å²) in [7, 11) is 1.73. The number of guanidine groups is 1. The quantitative estimate of drug-likeness (QED) is 0.583. The highest BCUT2D eigenvalue weighted by Gasteiger charge is 2.03. The molecule has 2 aromatic rings. The number of carbonyl (C=O) groups is 1. The number of aliphatic imine (C=N–C) groups is 1. The van der Waals surface area contributed by atoms with Gasteiger partial charge < -0.3 is 16.4 Å². The lowest BCUT2D eigenvalue weighted by Gasteiger charge is -2.13. The molecule has 23 heavy (non-hydrogen) atoms. The molecule has 0 aliphatic carbocycles. The summed E-state index contributed by atoms with van der Waals surface area (Å²) in [6.45, 7) is 3.35. The summed E-state index contributed by atoms with van der Waals surface area (Å²) in [6.07, 6.45) is 0. The standard InChI is InChI=1S/C18H22N4O/c1-13-6-3-4-8-16(13)12-22-18(20-2)21-11-14-7-5-9-15(10-14)17(19)23/h3-10H,11-12H2,1-2H3,(H2,19,23)(H2,20,21,22). The highest BCUT2D eigenvalue weighted by atomic mass is 16.1. The van der Waals surface area contributed by atoms with Crippen molar-refractivity contribution >= 4 is 11.9 Å². The highest BCUT2D eigenvalue weighted by molar-refractivity contribution is 5.92. The van der Waals surface area contributed by atoms with E-state index in [2.05, 4.69) is 34.7 Å². The predicted molar refractivity (Wildman–Crippen MR) is 93.2 cm³/mol. The summed E-state index contributed by atoms with van der Waals surface area (Å²) in [5, 5.41) is 6.51. The number of hydrogen-bond donors (Lipinski definition) is 3. The van der Waals surface area contributed by atoms with Crippen LogP contribution in [0.5, 0.6) is 0 Å². The summed E-state index contributed by atoms with van der Waals surface area (Å²) in [4.78, 5) is 15.4. The Bertz CT molecular complexity index is 710. The van der Waals surface area contributed by atoms with E-state index in [1.165, 1.54) is 11.1 Å². The first kappa shape index (κ1) is 16.5. The van der Waals surface area contributed by atoms with E-state index < -0.39 is 5.91 Å². The van der Waals surface area contributed by atoms with E-state index in [0.29, 0.717) is 24.6 Å². The predicted octanol–water partition coefficient (Wildman–Crippen LogP) is 1.96. The second-order valence-electron chi connectivity index (χ2n) is 5.27. The minimum absolute atomic E-state index is 0.422. The topological polar surface area (TPSA) is 79.5 Å². The molecule has 0 aliphatic heterocycles. The van der Waals surface area contributed by atoms with E-state index in [1.54, 1.807) is 19.2 Å². The summed E-state index contributed by atoms with van der Waals surface area (Å²) in [5.41, 5.74) is 9.24. The smallest absolute Gasteiger partial charge is 0.248 e. The van der Waals surface area contributed by atoms with Gasteiger partial charge in [0.15, 0.2) is 5.96 Å². The Kier molecular flexibility index (Phi) is 5.74. The Hall–Kier alpha value is -2.82. The van der Waals surface area contributed by atoms with Gasteiger partial charge in [-0.1, -0.05) is 36.4 Å². The lowest BCUT2D eigenvalue weighted by atomic mass is 10.1. The summed E-state index contributed by atoms with van der Waals surface area (Å²) >= 11 is 0. The lowest BCUT2D eigenvalue weighted by molar-refractivity contribution is 0.1000. The van der Waals surface area contributed by atoms with Crippen LogP contribution in [0.15, 0.2) is 53.5 Å². The molecule has 0 radical (unpaired) electrons. The van der Waals surface area contributed by atoms with Gasteiger partial charge in [-0.15, -0.1) is 0 Å². The summed E-state index contributed by atoms with van der Waals surface area (Å²) in [5.74, 6) is 0.284. The van der Waals surface area contributed by atoms with Crippen molar-refractivity contribution in [1.82, 2.24) is 10.6 Å². The van der Waals surface area contributed by atoms with Crippen molar-refractivity contribution in [1.29, 1.82) is 0 Å². The molecule has 5 heteroatoms. The molecule has 0 unspecified atom stereocenters. The summed E-state index contributed by atoms with van der Waals surface area (Å²) in [6, 6.07) is 15.5. The van der Waals surface area contributed by atoms with Gasteiger partial charge in [0.1, 0.15) is 0 Å². The van der Waals surface area contributed by atoms with Gasteiger partial charge in [0.25, 0.3) is 0 Å². The molecule has 2 rings (SSSR count). The van der Waals surface area contributed by atoms with Crippen molar-refractivity contribution in [3.05, 3.63) is 70.8 Å². The van der Waals surface area contributed by atoms with Crippen LogP contribution in [0.2, 0.25) is 0 Å². The SMILES string of the molecule is CN=C(NCc1cccc(C(N)=O)c1)NCc1ccccc1C. The Balaban J connectivity index is 1.92. The Labute approximate surface area is 136 Å². The fraction of sp³-hybridized carbons (Fsp3) is 0.222. The van der Waals surface area contributed by atoms with Crippen LogP contribution < -0.4 is 16.4 Å². The molecule has 0 bridgehead atoms. The average molecular weight is 310 g/mol. The Morgan fingerprint density at radius 1 is 1.09 bits per heavy atom.